The van der Waals surface area contributed by atoms with Crippen LogP contribution in [0.2, 0.25) is 0 Å². The Morgan fingerprint density at radius 2 is 1.60 bits per heavy atom. The average Bonchev–Trinajstić information content (AvgIpc) is 2.02. The first kappa shape index (κ1) is 8.94. The predicted octanol–water partition coefficient (Wildman–Crippen LogP) is 1.80. The van der Waals surface area contributed by atoms with Crippen LogP contribution >= 0.6 is 29.8 Å². The molecule has 6 heteroatoms. The molecule has 0 unspecified atom stereocenters. The Labute approximate surface area is 68.6 Å². The van der Waals surface area contributed by atoms with Crippen LogP contribution in [0.4, 0.5) is 0 Å². The van der Waals surface area contributed by atoms with Gasteiger partial charge in [0.1, 0.15) is 0 Å². The Morgan fingerprint density at radius 1 is 1.10 bits per heavy atom. The molecule has 1 aliphatic rings. The summed E-state index contributed by atoms with van der Waals surface area (Å²) in [7, 11) is 1.32. The minimum Gasteiger partial charge on any atom is -0.310 e. The first-order valence-electron chi connectivity index (χ1n) is 2.93. The van der Waals surface area contributed by atoms with E-state index in [2.05, 4.69) is 0 Å². The Hall–Kier alpha value is 0.850. The Morgan fingerprint density at radius 3 is 2.10 bits per heavy atom. The molecule has 0 radical (unpaired) electrons. The third-order valence-corrected chi connectivity index (χ3v) is 4.07. The van der Waals surface area contributed by atoms with Gasteiger partial charge in [0, 0.05) is 11.5 Å². The molecule has 0 spiro atoms. The number of hydrogen-bond acceptors (Lipinski definition) is 5. The molecular weight excluding hydrogens is 191 g/mol. The number of rotatable bonds is 0. The van der Waals surface area contributed by atoms with Gasteiger partial charge in [-0.2, -0.15) is 0 Å². The zero-order valence-corrected chi connectivity index (χ0v) is 8.00. The van der Waals surface area contributed by atoms with Crippen LogP contribution in [0.1, 0.15) is 0 Å². The molecule has 1 heterocycles. The molecule has 0 bridgehead atoms. The summed E-state index contributed by atoms with van der Waals surface area (Å²) < 4.78 is 20.4. The van der Waals surface area contributed by atoms with Crippen LogP contribution in [0.15, 0.2) is 0 Å². The van der Waals surface area contributed by atoms with Crippen LogP contribution in [0, 0.1) is 0 Å². The highest BCUT2D eigenvalue weighted by atomic mass is 33.1. The molecule has 1 fully saturated rings. The van der Waals surface area contributed by atoms with E-state index < -0.39 is 8.25 Å². The van der Waals surface area contributed by atoms with Crippen molar-refractivity contribution >= 4 is 29.8 Å². The highest BCUT2D eigenvalue weighted by molar-refractivity contribution is 8.76. The van der Waals surface area contributed by atoms with Gasteiger partial charge in [-0.1, -0.05) is 21.6 Å². The third kappa shape index (κ3) is 3.88. The Kier molecular flexibility index (Phi) is 4.91. The van der Waals surface area contributed by atoms with Gasteiger partial charge in [0.05, 0.1) is 13.2 Å². The molecule has 1 rings (SSSR count). The van der Waals surface area contributed by atoms with Gasteiger partial charge in [-0.25, -0.2) is 0 Å². The summed E-state index contributed by atoms with van der Waals surface area (Å²) in [6, 6.07) is 0. The highest BCUT2D eigenvalue weighted by Gasteiger charge is 2.02. The zero-order chi connectivity index (χ0) is 7.23. The van der Waals surface area contributed by atoms with Crippen molar-refractivity contribution in [2.24, 2.45) is 0 Å². The van der Waals surface area contributed by atoms with Crippen LogP contribution in [0.3, 0.4) is 0 Å². The molecule has 0 aromatic carbocycles. The third-order valence-electron chi connectivity index (χ3n) is 0.856. The molecule has 0 atom stereocenters. The predicted molar refractivity (Wildman–Crippen MR) is 45.8 cm³/mol. The topological polar surface area (TPSA) is 35.5 Å². The first-order valence-corrected chi connectivity index (χ1v) is 6.65. The van der Waals surface area contributed by atoms with Gasteiger partial charge in [0.15, 0.2) is 0 Å². The van der Waals surface area contributed by atoms with Gasteiger partial charge in [-0.05, 0) is 0 Å². The summed E-state index contributed by atoms with van der Waals surface area (Å²) in [5, 5.41) is 0. The van der Waals surface area contributed by atoms with Crippen molar-refractivity contribution in [3.8, 4) is 0 Å². The lowest BCUT2D eigenvalue weighted by Crippen LogP contribution is -1.89. The maximum atomic E-state index is 10.7. The van der Waals surface area contributed by atoms with E-state index in [9.17, 15) is 4.57 Å². The molecule has 0 aromatic rings. The van der Waals surface area contributed by atoms with E-state index >= 15 is 0 Å². The Bertz CT molecular complexity index is 109. The minimum atomic E-state index is -2.15. The van der Waals surface area contributed by atoms with Crippen molar-refractivity contribution in [3.63, 3.8) is 0 Å². The average molecular weight is 200 g/mol. The van der Waals surface area contributed by atoms with Crippen LogP contribution in [0.5, 0.6) is 0 Å². The van der Waals surface area contributed by atoms with Crippen LogP contribution in [0.25, 0.3) is 0 Å². The fourth-order valence-corrected chi connectivity index (χ4v) is 3.05. The number of hydrogen-bond donors (Lipinski definition) is 0. The van der Waals surface area contributed by atoms with E-state index in [0.717, 1.165) is 11.5 Å². The van der Waals surface area contributed by atoms with Crippen molar-refractivity contribution in [2.45, 2.75) is 0 Å². The Balaban J connectivity index is 2.21. The molecule has 1 aliphatic heterocycles. The summed E-state index contributed by atoms with van der Waals surface area (Å²) in [4.78, 5) is 0. The molecule has 1 saturated heterocycles. The quantitative estimate of drug-likeness (QED) is 0.440. The molecule has 0 aromatic heterocycles. The second-order valence-corrected chi connectivity index (χ2v) is 5.37. The van der Waals surface area contributed by atoms with Crippen molar-refractivity contribution in [1.82, 2.24) is 0 Å². The van der Waals surface area contributed by atoms with Gasteiger partial charge in [-0.15, -0.1) is 0 Å². The summed E-state index contributed by atoms with van der Waals surface area (Å²) in [5.41, 5.74) is 0. The summed E-state index contributed by atoms with van der Waals surface area (Å²) in [6.45, 7) is 1.07. The van der Waals surface area contributed by atoms with Crippen molar-refractivity contribution in [2.75, 3.05) is 24.7 Å². The SMILES string of the molecule is O=[PH]1OCCSSCCO1. The minimum absolute atomic E-state index is 0.537. The molecule has 0 amide bonds. The first-order chi connectivity index (χ1) is 4.89. The standard InChI is InChI=1S/C4H9O3PS2/c5-8-6-1-3-9-10-4-2-7-8/h8H,1-4H2. The van der Waals surface area contributed by atoms with Gasteiger partial charge in [0.25, 0.3) is 0 Å². The van der Waals surface area contributed by atoms with E-state index in [1.165, 1.54) is 0 Å². The van der Waals surface area contributed by atoms with E-state index in [1.54, 1.807) is 21.6 Å². The van der Waals surface area contributed by atoms with Crippen LogP contribution < -0.4 is 0 Å². The monoisotopic (exact) mass is 200 g/mol. The maximum absolute atomic E-state index is 10.7. The summed E-state index contributed by atoms with van der Waals surface area (Å²) in [5.74, 6) is 1.79. The zero-order valence-electron chi connectivity index (χ0n) is 5.37. The molecule has 0 N–H and O–H groups in total. The second kappa shape index (κ2) is 5.49. The lowest BCUT2D eigenvalue weighted by Gasteiger charge is -1.99. The van der Waals surface area contributed by atoms with Crippen LogP contribution in [-0.4, -0.2) is 24.7 Å². The van der Waals surface area contributed by atoms with E-state index in [4.69, 9.17) is 9.05 Å². The largest absolute Gasteiger partial charge is 0.319 e. The van der Waals surface area contributed by atoms with Crippen molar-refractivity contribution in [1.29, 1.82) is 0 Å². The van der Waals surface area contributed by atoms with E-state index in [-0.39, 0.29) is 0 Å². The summed E-state index contributed by atoms with van der Waals surface area (Å²) in [6.07, 6.45) is 0. The maximum Gasteiger partial charge on any atom is 0.319 e. The van der Waals surface area contributed by atoms with Crippen molar-refractivity contribution in [3.05, 3.63) is 0 Å². The van der Waals surface area contributed by atoms with Crippen molar-refractivity contribution < 1.29 is 13.6 Å². The van der Waals surface area contributed by atoms with E-state index in [0.29, 0.717) is 13.2 Å². The molecule has 60 valence electrons. The highest BCUT2D eigenvalue weighted by Crippen LogP contribution is 2.29. The molecule has 0 saturated carbocycles. The molecule has 10 heavy (non-hydrogen) atoms. The van der Waals surface area contributed by atoms with Gasteiger partial charge in [0.2, 0.25) is 0 Å². The fraction of sp³-hybridized carbons (Fsp3) is 1.00. The van der Waals surface area contributed by atoms with Crippen LogP contribution in [-0.2, 0) is 13.6 Å². The molecule has 0 aliphatic carbocycles. The molecular formula is C4H9O3PS2. The molecule has 3 nitrogen and oxygen atoms in total. The van der Waals surface area contributed by atoms with Gasteiger partial charge < -0.3 is 9.05 Å². The normalized spacial score (nSPS) is 24.8. The van der Waals surface area contributed by atoms with Gasteiger partial charge in [-0.3, -0.25) is 4.57 Å². The smallest absolute Gasteiger partial charge is 0.310 e. The second-order valence-electron chi connectivity index (χ2n) is 1.59. The lowest BCUT2D eigenvalue weighted by atomic mass is 10.9. The fourth-order valence-electron chi connectivity index (χ4n) is 0.478. The van der Waals surface area contributed by atoms with Gasteiger partial charge >= 0.3 is 8.25 Å². The van der Waals surface area contributed by atoms with E-state index in [1.807, 2.05) is 0 Å². The lowest BCUT2D eigenvalue weighted by molar-refractivity contribution is 0.247. The summed E-state index contributed by atoms with van der Waals surface area (Å²) >= 11 is 0.